The van der Waals surface area contributed by atoms with E-state index >= 15 is 0 Å². The van der Waals surface area contributed by atoms with E-state index in [2.05, 4.69) is 0 Å². The highest BCUT2D eigenvalue weighted by Crippen LogP contribution is 2.54. The lowest BCUT2D eigenvalue weighted by Crippen LogP contribution is -2.51. The van der Waals surface area contributed by atoms with Crippen LogP contribution in [0.15, 0.2) is 47.1 Å². The van der Waals surface area contributed by atoms with Crippen molar-refractivity contribution in [1.29, 1.82) is 0 Å². The second-order valence-corrected chi connectivity index (χ2v) is 6.72. The van der Waals surface area contributed by atoms with Gasteiger partial charge in [-0.1, -0.05) is 18.2 Å². The molecule has 2 N–H and O–H groups in total. The first-order valence-corrected chi connectivity index (χ1v) is 9.38. The van der Waals surface area contributed by atoms with Crippen molar-refractivity contribution < 1.29 is 38.1 Å². The molecule has 1 aromatic carbocycles. The SMILES string of the molecule is CCOC(=O)CN1C(=O)[C@@]2(C(C(=O)OC)=C(C)OC(N)=C2C(=O)OC)c2ccccc21. The maximum Gasteiger partial charge on any atom is 0.340 e. The van der Waals surface area contributed by atoms with Crippen molar-refractivity contribution in [2.75, 3.05) is 32.3 Å². The number of hydrogen-bond acceptors (Lipinski definition) is 9. The summed E-state index contributed by atoms with van der Waals surface area (Å²) in [6.07, 6.45) is 0. The summed E-state index contributed by atoms with van der Waals surface area (Å²) < 4.78 is 20.2. The molecule has 164 valence electrons. The highest BCUT2D eigenvalue weighted by molar-refractivity contribution is 6.23. The molecule has 0 unspecified atom stereocenters. The normalized spacial score (nSPS) is 19.9. The van der Waals surface area contributed by atoms with Crippen molar-refractivity contribution in [3.63, 3.8) is 0 Å². The highest BCUT2D eigenvalue weighted by atomic mass is 16.5. The van der Waals surface area contributed by atoms with Gasteiger partial charge in [-0.2, -0.15) is 0 Å². The third-order valence-corrected chi connectivity index (χ3v) is 5.15. The monoisotopic (exact) mass is 430 g/mol. The zero-order valence-electron chi connectivity index (χ0n) is 17.5. The molecule has 2 aliphatic rings. The summed E-state index contributed by atoms with van der Waals surface area (Å²) in [5.74, 6) is -3.68. The van der Waals surface area contributed by atoms with Crippen LogP contribution in [0.3, 0.4) is 0 Å². The van der Waals surface area contributed by atoms with Gasteiger partial charge in [0.1, 0.15) is 28.9 Å². The minimum Gasteiger partial charge on any atom is -0.466 e. The zero-order valence-corrected chi connectivity index (χ0v) is 17.5. The van der Waals surface area contributed by atoms with E-state index in [1.165, 1.54) is 6.92 Å². The van der Waals surface area contributed by atoms with Gasteiger partial charge in [-0.25, -0.2) is 9.59 Å². The summed E-state index contributed by atoms with van der Waals surface area (Å²) >= 11 is 0. The summed E-state index contributed by atoms with van der Waals surface area (Å²) in [6, 6.07) is 6.44. The summed E-state index contributed by atoms with van der Waals surface area (Å²) in [7, 11) is 2.25. The molecular weight excluding hydrogens is 408 g/mol. The fourth-order valence-corrected chi connectivity index (χ4v) is 4.02. The molecule has 0 aliphatic carbocycles. The average molecular weight is 430 g/mol. The molecule has 2 aliphatic heterocycles. The van der Waals surface area contributed by atoms with Gasteiger partial charge in [-0.15, -0.1) is 0 Å². The van der Waals surface area contributed by atoms with E-state index < -0.39 is 41.7 Å². The Labute approximate surface area is 178 Å². The molecule has 0 saturated carbocycles. The molecule has 0 saturated heterocycles. The van der Waals surface area contributed by atoms with Gasteiger partial charge in [0.2, 0.25) is 11.8 Å². The molecule has 10 nitrogen and oxygen atoms in total. The van der Waals surface area contributed by atoms with Crippen molar-refractivity contribution in [2.24, 2.45) is 5.73 Å². The minimum absolute atomic E-state index is 0.0156. The maximum atomic E-state index is 14.0. The van der Waals surface area contributed by atoms with Crippen molar-refractivity contribution in [3.05, 3.63) is 52.6 Å². The van der Waals surface area contributed by atoms with E-state index in [0.29, 0.717) is 5.69 Å². The third kappa shape index (κ3) is 3.11. The van der Waals surface area contributed by atoms with Crippen molar-refractivity contribution in [2.45, 2.75) is 19.3 Å². The lowest BCUT2D eigenvalue weighted by atomic mass is 9.67. The molecule has 1 amide bonds. The van der Waals surface area contributed by atoms with Crippen molar-refractivity contribution in [3.8, 4) is 0 Å². The predicted molar refractivity (Wildman–Crippen MR) is 106 cm³/mol. The van der Waals surface area contributed by atoms with Crippen LogP contribution < -0.4 is 10.6 Å². The number of allylic oxidation sites excluding steroid dienone is 1. The largest absolute Gasteiger partial charge is 0.466 e. The number of carbonyl (C=O) groups excluding carboxylic acids is 4. The summed E-state index contributed by atoms with van der Waals surface area (Å²) in [4.78, 5) is 53.0. The van der Waals surface area contributed by atoms with E-state index in [0.717, 1.165) is 19.1 Å². The van der Waals surface area contributed by atoms with E-state index in [1.54, 1.807) is 31.2 Å². The Morgan fingerprint density at radius 3 is 2.32 bits per heavy atom. The van der Waals surface area contributed by atoms with Gasteiger partial charge < -0.3 is 24.7 Å². The van der Waals surface area contributed by atoms with Gasteiger partial charge in [-0.3, -0.25) is 14.5 Å². The zero-order chi connectivity index (χ0) is 22.9. The van der Waals surface area contributed by atoms with E-state index in [1.807, 2.05) is 0 Å². The standard InChI is InChI=1S/C21H22N2O8/c1-5-30-14(24)10-23-13-9-7-6-8-12(13)21(20(23)27)15(18(25)28-3)11(2)31-17(22)16(21)19(26)29-4/h6-9H,5,10,22H2,1-4H3/t21-/m1/s1. The van der Waals surface area contributed by atoms with E-state index in [-0.39, 0.29) is 29.1 Å². The molecule has 0 radical (unpaired) electrons. The number of ether oxygens (including phenoxy) is 4. The number of hydrogen-bond donors (Lipinski definition) is 1. The Morgan fingerprint density at radius 1 is 1.10 bits per heavy atom. The van der Waals surface area contributed by atoms with Crippen molar-refractivity contribution >= 4 is 29.5 Å². The molecule has 0 aromatic heterocycles. The number of nitrogens with two attached hydrogens (primary N) is 1. The number of fused-ring (bicyclic) bond motifs is 2. The van der Waals surface area contributed by atoms with Crippen LogP contribution in [0.2, 0.25) is 0 Å². The number of esters is 3. The fourth-order valence-electron chi connectivity index (χ4n) is 4.02. The Morgan fingerprint density at radius 2 is 1.71 bits per heavy atom. The maximum absolute atomic E-state index is 14.0. The second kappa shape index (κ2) is 8.13. The first-order valence-electron chi connectivity index (χ1n) is 9.38. The molecule has 0 bridgehead atoms. The van der Waals surface area contributed by atoms with Crippen LogP contribution in [0.25, 0.3) is 0 Å². The molecule has 10 heteroatoms. The van der Waals surface area contributed by atoms with Gasteiger partial charge in [0.05, 0.1) is 20.8 Å². The van der Waals surface area contributed by atoms with E-state index in [9.17, 15) is 19.2 Å². The first-order chi connectivity index (χ1) is 14.7. The first kappa shape index (κ1) is 21.9. The Bertz CT molecular complexity index is 1000. The number of anilines is 1. The van der Waals surface area contributed by atoms with Gasteiger partial charge in [-0.05, 0) is 19.9 Å². The number of rotatable bonds is 5. The summed E-state index contributed by atoms with van der Waals surface area (Å²) in [5, 5.41) is 0. The number of para-hydroxylation sites is 1. The smallest absolute Gasteiger partial charge is 0.340 e. The topological polar surface area (TPSA) is 134 Å². The molecule has 1 aromatic rings. The number of methoxy groups -OCH3 is 2. The molecule has 1 spiro atoms. The molecule has 1 atom stereocenters. The fraction of sp³-hybridized carbons (Fsp3) is 0.333. The van der Waals surface area contributed by atoms with Crippen LogP contribution in [0, 0.1) is 0 Å². The van der Waals surface area contributed by atoms with Gasteiger partial charge in [0.15, 0.2) is 0 Å². The van der Waals surface area contributed by atoms with Crippen LogP contribution >= 0.6 is 0 Å². The van der Waals surface area contributed by atoms with Crippen LogP contribution in [-0.2, 0) is 43.5 Å². The van der Waals surface area contributed by atoms with Crippen LogP contribution in [0.5, 0.6) is 0 Å². The van der Waals surface area contributed by atoms with Gasteiger partial charge in [0, 0.05) is 11.3 Å². The van der Waals surface area contributed by atoms with Gasteiger partial charge >= 0.3 is 17.9 Å². The molecule has 0 fully saturated rings. The van der Waals surface area contributed by atoms with Crippen LogP contribution in [0.4, 0.5) is 5.69 Å². The minimum atomic E-state index is -2.02. The quantitative estimate of drug-likeness (QED) is 0.528. The third-order valence-electron chi connectivity index (χ3n) is 5.15. The van der Waals surface area contributed by atoms with Crippen LogP contribution in [-0.4, -0.2) is 51.2 Å². The van der Waals surface area contributed by atoms with Gasteiger partial charge in [0.25, 0.3) is 0 Å². The lowest BCUT2D eigenvalue weighted by molar-refractivity contribution is -0.142. The second-order valence-electron chi connectivity index (χ2n) is 6.72. The molecular formula is C21H22N2O8. The Hall–Kier alpha value is -3.82. The number of benzene rings is 1. The molecule has 3 rings (SSSR count). The number of nitrogens with zero attached hydrogens (tertiary/aromatic N) is 1. The molecule has 2 heterocycles. The average Bonchev–Trinajstić information content (AvgIpc) is 2.96. The van der Waals surface area contributed by atoms with Crippen molar-refractivity contribution in [1.82, 2.24) is 0 Å². The summed E-state index contributed by atoms with van der Waals surface area (Å²) in [5.41, 5.74) is 3.98. The number of amides is 1. The highest BCUT2D eigenvalue weighted by Gasteiger charge is 2.64. The molecule has 31 heavy (non-hydrogen) atoms. The lowest BCUT2D eigenvalue weighted by Gasteiger charge is -2.35. The number of carbonyl (C=O) groups is 4. The van der Waals surface area contributed by atoms with Crippen LogP contribution in [0.1, 0.15) is 19.4 Å². The summed E-state index contributed by atoms with van der Waals surface area (Å²) in [6.45, 7) is 2.75. The Kier molecular flexibility index (Phi) is 5.74. The Balaban J connectivity index is 2.38. The van der Waals surface area contributed by atoms with E-state index in [4.69, 9.17) is 24.7 Å². The predicted octanol–water partition coefficient (Wildman–Crippen LogP) is 0.655.